The van der Waals surface area contributed by atoms with Crippen molar-refractivity contribution in [3.8, 4) is 0 Å². The molecule has 1 aromatic carbocycles. The van der Waals surface area contributed by atoms with Gasteiger partial charge in [0, 0.05) is 62.2 Å². The van der Waals surface area contributed by atoms with Gasteiger partial charge >= 0.3 is 0 Å². The first-order valence-electron chi connectivity index (χ1n) is 9.77. The number of anilines is 2. The molecule has 2 fully saturated rings. The highest BCUT2D eigenvalue weighted by atomic mass is 16.5. The molecule has 0 bridgehead atoms. The summed E-state index contributed by atoms with van der Waals surface area (Å²) < 4.78 is 5.61. The minimum Gasteiger partial charge on any atom is -0.381 e. The van der Waals surface area contributed by atoms with Crippen LogP contribution < -0.4 is 9.80 Å². The van der Waals surface area contributed by atoms with Gasteiger partial charge in [-0.15, -0.1) is 0 Å². The van der Waals surface area contributed by atoms with Crippen LogP contribution in [0.3, 0.4) is 0 Å². The van der Waals surface area contributed by atoms with E-state index >= 15 is 0 Å². The summed E-state index contributed by atoms with van der Waals surface area (Å²) in [5.74, 6) is 1.69. The van der Waals surface area contributed by atoms with Gasteiger partial charge in [-0.25, -0.2) is 4.98 Å². The number of hydrogen-bond donors (Lipinski definition) is 0. The van der Waals surface area contributed by atoms with Crippen molar-refractivity contribution in [1.82, 2.24) is 9.97 Å². The van der Waals surface area contributed by atoms with Crippen LogP contribution in [0.25, 0.3) is 0 Å². The van der Waals surface area contributed by atoms with Crippen molar-refractivity contribution in [3.63, 3.8) is 0 Å². The third kappa shape index (κ3) is 2.75. The summed E-state index contributed by atoms with van der Waals surface area (Å²) in [5.41, 5.74) is 3.29. The summed E-state index contributed by atoms with van der Waals surface area (Å²) in [6, 6.07) is 9.07. The Hall–Kier alpha value is -2.14. The number of hydrogen-bond acceptors (Lipinski definition) is 5. The van der Waals surface area contributed by atoms with Crippen molar-refractivity contribution in [1.29, 1.82) is 0 Å². The number of fused-ring (bicyclic) bond motifs is 2. The molecule has 0 amide bonds. The highest BCUT2D eigenvalue weighted by Gasteiger charge is 2.45. The molecule has 1 aromatic heterocycles. The zero-order valence-electron chi connectivity index (χ0n) is 15.2. The number of piperidine rings is 1. The van der Waals surface area contributed by atoms with E-state index in [1.165, 1.54) is 24.9 Å². The van der Waals surface area contributed by atoms with Crippen LogP contribution in [0, 0.1) is 5.92 Å². The molecular formula is C21H26N4O. The zero-order valence-corrected chi connectivity index (χ0v) is 15.2. The molecule has 26 heavy (non-hydrogen) atoms. The average molecular weight is 350 g/mol. The molecule has 0 N–H and O–H groups in total. The van der Waals surface area contributed by atoms with E-state index in [1.807, 2.05) is 6.20 Å². The van der Waals surface area contributed by atoms with E-state index in [1.54, 1.807) is 18.0 Å². The fourth-order valence-electron chi connectivity index (χ4n) is 4.98. The smallest absolute Gasteiger partial charge is 0.147 e. The van der Waals surface area contributed by atoms with E-state index in [0.29, 0.717) is 5.92 Å². The van der Waals surface area contributed by atoms with Crippen molar-refractivity contribution in [2.45, 2.75) is 24.7 Å². The highest BCUT2D eigenvalue weighted by molar-refractivity contribution is 5.63. The molecule has 0 radical (unpaired) electrons. The second-order valence-electron chi connectivity index (χ2n) is 7.96. The fraction of sp³-hybridized carbons (Fsp3) is 0.524. The molecule has 2 aromatic rings. The van der Waals surface area contributed by atoms with E-state index in [-0.39, 0.29) is 5.41 Å². The molecule has 0 unspecified atom stereocenters. The highest BCUT2D eigenvalue weighted by Crippen LogP contribution is 2.47. The molecular weight excluding hydrogens is 324 g/mol. The Morgan fingerprint density at radius 1 is 1.15 bits per heavy atom. The van der Waals surface area contributed by atoms with Gasteiger partial charge in [0.2, 0.25) is 0 Å². The van der Waals surface area contributed by atoms with Gasteiger partial charge in [-0.1, -0.05) is 18.2 Å². The van der Waals surface area contributed by atoms with Crippen LogP contribution in [0.1, 0.15) is 24.8 Å². The molecule has 3 aliphatic heterocycles. The van der Waals surface area contributed by atoms with Crippen LogP contribution in [0.2, 0.25) is 0 Å². The first-order valence-corrected chi connectivity index (χ1v) is 9.77. The normalized spacial score (nSPS) is 24.2. The Morgan fingerprint density at radius 2 is 2.04 bits per heavy atom. The lowest BCUT2D eigenvalue weighted by Gasteiger charge is -2.40. The number of benzene rings is 1. The van der Waals surface area contributed by atoms with Crippen molar-refractivity contribution in [3.05, 3.63) is 48.4 Å². The molecule has 1 spiro atoms. The number of aromatic nitrogens is 2. The van der Waals surface area contributed by atoms with Crippen molar-refractivity contribution in [2.24, 2.45) is 5.92 Å². The summed E-state index contributed by atoms with van der Waals surface area (Å²) in [6.07, 6.45) is 8.97. The second-order valence-corrected chi connectivity index (χ2v) is 7.96. The third-order valence-corrected chi connectivity index (χ3v) is 6.41. The SMILES string of the molecule is c1ccc2c(c1)N(C[C@@H]1CCOC1)CC21CCN(c2cnccn2)CC1. The Labute approximate surface area is 155 Å². The first kappa shape index (κ1) is 16.1. The van der Waals surface area contributed by atoms with Gasteiger partial charge in [-0.05, 0) is 30.9 Å². The van der Waals surface area contributed by atoms with E-state index in [0.717, 1.165) is 45.2 Å². The average Bonchev–Trinajstić information content (AvgIpc) is 3.31. The third-order valence-electron chi connectivity index (χ3n) is 6.41. The maximum absolute atomic E-state index is 5.61. The van der Waals surface area contributed by atoms with Gasteiger partial charge in [0.1, 0.15) is 5.82 Å². The van der Waals surface area contributed by atoms with Crippen molar-refractivity contribution >= 4 is 11.5 Å². The molecule has 4 heterocycles. The van der Waals surface area contributed by atoms with Gasteiger partial charge in [0.15, 0.2) is 0 Å². The summed E-state index contributed by atoms with van der Waals surface area (Å²) in [5, 5.41) is 0. The molecule has 0 saturated carbocycles. The standard InChI is InChI=1S/C21H26N4O/c1-2-4-19-18(3-1)21(16-25(19)14-17-5-12-26-15-17)6-10-24(11-7-21)20-13-22-8-9-23-20/h1-4,8-9,13,17H,5-7,10-12,14-16H2/t17-/m0/s1. The van der Waals surface area contributed by atoms with Crippen LogP contribution in [-0.2, 0) is 10.2 Å². The Bertz CT molecular complexity index is 752. The van der Waals surface area contributed by atoms with Crippen molar-refractivity contribution < 1.29 is 4.74 Å². The molecule has 0 aliphatic carbocycles. The predicted molar refractivity (Wildman–Crippen MR) is 103 cm³/mol. The molecule has 1 atom stereocenters. The van der Waals surface area contributed by atoms with E-state index in [9.17, 15) is 0 Å². The van der Waals surface area contributed by atoms with Gasteiger partial charge in [-0.3, -0.25) is 4.98 Å². The van der Waals surface area contributed by atoms with Crippen LogP contribution in [-0.4, -0.2) is 49.4 Å². The lowest BCUT2D eigenvalue weighted by molar-refractivity contribution is 0.186. The van der Waals surface area contributed by atoms with E-state index < -0.39 is 0 Å². The number of rotatable bonds is 3. The maximum Gasteiger partial charge on any atom is 0.147 e. The molecule has 5 nitrogen and oxygen atoms in total. The van der Waals surface area contributed by atoms with Crippen LogP contribution in [0.5, 0.6) is 0 Å². The second kappa shape index (κ2) is 6.54. The van der Waals surface area contributed by atoms with E-state index in [2.05, 4.69) is 44.0 Å². The van der Waals surface area contributed by atoms with Crippen molar-refractivity contribution in [2.75, 3.05) is 49.2 Å². The molecule has 3 aliphatic rings. The molecule has 5 rings (SSSR count). The Kier molecular flexibility index (Phi) is 4.04. The summed E-state index contributed by atoms with van der Waals surface area (Å²) >= 11 is 0. The molecule has 5 heteroatoms. The summed E-state index contributed by atoms with van der Waals surface area (Å²) in [7, 11) is 0. The van der Waals surface area contributed by atoms with Gasteiger partial charge < -0.3 is 14.5 Å². The van der Waals surface area contributed by atoms with Gasteiger partial charge in [-0.2, -0.15) is 0 Å². The minimum absolute atomic E-state index is 0.286. The topological polar surface area (TPSA) is 41.5 Å². The first-order chi connectivity index (χ1) is 12.8. The lowest BCUT2D eigenvalue weighted by Crippen LogP contribution is -2.46. The molecule has 136 valence electrons. The number of nitrogens with zero attached hydrogens (tertiary/aromatic N) is 4. The van der Waals surface area contributed by atoms with Crippen LogP contribution >= 0.6 is 0 Å². The lowest BCUT2D eigenvalue weighted by atomic mass is 9.74. The zero-order chi connectivity index (χ0) is 17.4. The quantitative estimate of drug-likeness (QED) is 0.851. The van der Waals surface area contributed by atoms with Crippen LogP contribution in [0.4, 0.5) is 11.5 Å². The summed E-state index contributed by atoms with van der Waals surface area (Å²) in [4.78, 5) is 13.7. The van der Waals surface area contributed by atoms with Gasteiger partial charge in [0.25, 0.3) is 0 Å². The minimum atomic E-state index is 0.286. The summed E-state index contributed by atoms with van der Waals surface area (Å²) in [6.45, 7) is 6.23. The number of para-hydroxylation sites is 1. The van der Waals surface area contributed by atoms with Crippen LogP contribution in [0.15, 0.2) is 42.9 Å². The van der Waals surface area contributed by atoms with E-state index in [4.69, 9.17) is 4.74 Å². The number of ether oxygens (including phenoxy) is 1. The van der Waals surface area contributed by atoms with Gasteiger partial charge in [0.05, 0.1) is 12.8 Å². The molecule has 2 saturated heterocycles. The Morgan fingerprint density at radius 3 is 2.81 bits per heavy atom. The fourth-order valence-corrected chi connectivity index (χ4v) is 4.98. The Balaban J connectivity index is 1.36. The monoisotopic (exact) mass is 350 g/mol. The predicted octanol–water partition coefficient (Wildman–Crippen LogP) is 2.87. The largest absolute Gasteiger partial charge is 0.381 e. The maximum atomic E-state index is 5.61.